The van der Waals surface area contributed by atoms with Gasteiger partial charge in [0.1, 0.15) is 0 Å². The first-order valence-electron chi connectivity index (χ1n) is 8.50. The van der Waals surface area contributed by atoms with Crippen LogP contribution in [0.15, 0.2) is 28.9 Å². The molecule has 3 N–H and O–H groups in total. The summed E-state index contributed by atoms with van der Waals surface area (Å²) in [4.78, 5) is 54.7. The number of nitrogens with zero attached hydrogens (tertiary/aromatic N) is 2. The summed E-state index contributed by atoms with van der Waals surface area (Å²) in [6.45, 7) is 4.19. The highest BCUT2D eigenvalue weighted by atomic mass is 32.2. The van der Waals surface area contributed by atoms with Gasteiger partial charge in [-0.15, -0.1) is 5.06 Å². The molecule has 1 aliphatic heterocycles. The van der Waals surface area contributed by atoms with Gasteiger partial charge in [-0.25, -0.2) is 4.79 Å². The minimum atomic E-state index is -0.609. The predicted octanol–water partition coefficient (Wildman–Crippen LogP) is 1.02. The van der Waals surface area contributed by atoms with Crippen LogP contribution in [-0.4, -0.2) is 47.3 Å². The molecular weight excluding hydrogens is 372 g/mol. The minimum absolute atomic E-state index is 0.0779. The van der Waals surface area contributed by atoms with Crippen molar-refractivity contribution >= 4 is 41.7 Å². The molecule has 0 radical (unpaired) electrons. The van der Waals surface area contributed by atoms with Gasteiger partial charge in [-0.2, -0.15) is 0 Å². The number of thioether (sulfide) groups is 1. The molecule has 0 unspecified atom stereocenters. The molecule has 1 aliphatic rings. The first kappa shape index (κ1) is 22.4. The van der Waals surface area contributed by atoms with Gasteiger partial charge in [-0.1, -0.05) is 24.8 Å². The summed E-state index contributed by atoms with van der Waals surface area (Å²) in [5.41, 5.74) is 5.16. The van der Waals surface area contributed by atoms with Crippen LogP contribution in [-0.2, 0) is 24.0 Å². The van der Waals surface area contributed by atoms with Crippen molar-refractivity contribution in [2.75, 3.05) is 12.3 Å². The molecule has 0 aliphatic carbocycles. The fourth-order valence-electron chi connectivity index (χ4n) is 2.02. The van der Waals surface area contributed by atoms with Crippen LogP contribution in [0.1, 0.15) is 38.5 Å². The number of nitrogens with two attached hydrogens (primary N) is 1. The van der Waals surface area contributed by atoms with E-state index in [0.29, 0.717) is 35.9 Å². The predicted molar refractivity (Wildman–Crippen MR) is 102 cm³/mol. The fourth-order valence-corrected chi connectivity index (χ4v) is 2.55. The zero-order chi connectivity index (χ0) is 20.1. The van der Waals surface area contributed by atoms with Crippen molar-refractivity contribution in [3.63, 3.8) is 0 Å². The van der Waals surface area contributed by atoms with Crippen LogP contribution >= 0.6 is 11.8 Å². The Kier molecular flexibility index (Phi) is 10.5. The SMILES string of the molecule is C=C(N=C/C=C\N)SCC(=O)NCCCCCC(=O)ON1C(=O)CCC1=O. The molecule has 0 atom stereocenters. The molecule has 0 saturated carbocycles. The number of carbonyl (C=O) groups is 4. The highest BCUT2D eigenvalue weighted by molar-refractivity contribution is 8.03. The second-order valence-corrected chi connectivity index (χ2v) is 6.60. The standard InChI is InChI=1S/C17H24N4O5S/c1-13(19-11-5-9-18)27-12-14(22)20-10-4-2-3-6-17(25)26-21-15(23)7-8-16(21)24/h5,9,11H,1-4,6-8,10,12,18H2,(H,20,22)/b9-5-,19-11?. The van der Waals surface area contributed by atoms with Gasteiger partial charge in [0.2, 0.25) is 5.91 Å². The maximum absolute atomic E-state index is 11.7. The number of nitrogens with one attached hydrogen (secondary N) is 1. The Morgan fingerprint density at radius 2 is 1.96 bits per heavy atom. The van der Waals surface area contributed by atoms with E-state index in [-0.39, 0.29) is 30.9 Å². The van der Waals surface area contributed by atoms with Gasteiger partial charge in [-0.3, -0.25) is 19.4 Å². The van der Waals surface area contributed by atoms with Gasteiger partial charge in [-0.05, 0) is 25.1 Å². The van der Waals surface area contributed by atoms with E-state index < -0.39 is 17.8 Å². The van der Waals surface area contributed by atoms with Gasteiger partial charge < -0.3 is 15.9 Å². The quantitative estimate of drug-likeness (QED) is 0.286. The molecule has 1 heterocycles. The first-order chi connectivity index (χ1) is 12.9. The lowest BCUT2D eigenvalue weighted by atomic mass is 10.2. The number of amides is 3. The van der Waals surface area contributed by atoms with Crippen LogP contribution in [0.2, 0.25) is 0 Å². The second-order valence-electron chi connectivity index (χ2n) is 5.55. The number of hydrogen-bond donors (Lipinski definition) is 2. The zero-order valence-electron chi connectivity index (χ0n) is 15.0. The molecule has 1 fully saturated rings. The van der Waals surface area contributed by atoms with Gasteiger partial charge >= 0.3 is 5.97 Å². The largest absolute Gasteiger partial charge is 0.405 e. The third-order valence-electron chi connectivity index (χ3n) is 3.36. The zero-order valence-corrected chi connectivity index (χ0v) is 15.8. The molecule has 0 spiro atoms. The number of unbranched alkanes of at least 4 members (excludes halogenated alkanes) is 2. The number of aliphatic imine (C=N–C) groups is 1. The highest BCUT2D eigenvalue weighted by Crippen LogP contribution is 2.14. The van der Waals surface area contributed by atoms with E-state index in [4.69, 9.17) is 10.6 Å². The Morgan fingerprint density at radius 1 is 1.26 bits per heavy atom. The molecule has 148 valence electrons. The van der Waals surface area contributed by atoms with Crippen molar-refractivity contribution in [3.8, 4) is 0 Å². The Morgan fingerprint density at radius 3 is 2.63 bits per heavy atom. The number of rotatable bonds is 12. The number of carbonyl (C=O) groups excluding carboxylic acids is 4. The Labute approximate surface area is 162 Å². The number of hydrogen-bond acceptors (Lipinski definition) is 8. The van der Waals surface area contributed by atoms with Crippen LogP contribution in [0, 0.1) is 0 Å². The van der Waals surface area contributed by atoms with Crippen LogP contribution in [0.25, 0.3) is 0 Å². The number of hydroxylamine groups is 2. The summed E-state index contributed by atoms with van der Waals surface area (Å²) >= 11 is 1.22. The average Bonchev–Trinajstić information content (AvgIpc) is 2.95. The molecule has 10 heteroatoms. The van der Waals surface area contributed by atoms with Crippen LogP contribution < -0.4 is 11.1 Å². The molecule has 1 rings (SSSR count). The molecule has 1 saturated heterocycles. The van der Waals surface area contributed by atoms with Crippen LogP contribution in [0.5, 0.6) is 0 Å². The maximum Gasteiger partial charge on any atom is 0.333 e. The molecular formula is C17H24N4O5S. The fraction of sp³-hybridized carbons (Fsp3) is 0.471. The van der Waals surface area contributed by atoms with Crippen molar-refractivity contribution in [3.05, 3.63) is 23.9 Å². The monoisotopic (exact) mass is 396 g/mol. The smallest absolute Gasteiger partial charge is 0.333 e. The number of allylic oxidation sites excluding steroid dienone is 1. The summed E-state index contributed by atoms with van der Waals surface area (Å²) in [5.74, 6) is -1.50. The maximum atomic E-state index is 11.7. The van der Waals surface area contributed by atoms with Gasteiger partial charge in [0.05, 0.1) is 10.8 Å². The Hall–Kier alpha value is -2.62. The van der Waals surface area contributed by atoms with E-state index in [0.717, 1.165) is 0 Å². The van der Waals surface area contributed by atoms with E-state index in [1.165, 1.54) is 24.2 Å². The van der Waals surface area contributed by atoms with Gasteiger partial charge in [0, 0.05) is 32.0 Å². The lowest BCUT2D eigenvalue weighted by molar-refractivity contribution is -0.197. The molecule has 9 nitrogen and oxygen atoms in total. The number of imide groups is 1. The molecule has 0 aromatic heterocycles. The Bertz CT molecular complexity index is 617. The molecule has 0 aromatic carbocycles. The molecule has 0 aromatic rings. The van der Waals surface area contributed by atoms with Crippen LogP contribution in [0.3, 0.4) is 0 Å². The average molecular weight is 396 g/mol. The highest BCUT2D eigenvalue weighted by Gasteiger charge is 2.32. The van der Waals surface area contributed by atoms with Crippen molar-refractivity contribution < 1.29 is 24.0 Å². The molecule has 27 heavy (non-hydrogen) atoms. The lowest BCUT2D eigenvalue weighted by Crippen LogP contribution is -2.32. The van der Waals surface area contributed by atoms with Crippen molar-refractivity contribution in [2.24, 2.45) is 10.7 Å². The van der Waals surface area contributed by atoms with E-state index in [9.17, 15) is 19.2 Å². The summed E-state index contributed by atoms with van der Waals surface area (Å²) in [6, 6.07) is 0. The normalized spacial score (nSPS) is 14.3. The summed E-state index contributed by atoms with van der Waals surface area (Å²) in [7, 11) is 0. The summed E-state index contributed by atoms with van der Waals surface area (Å²) in [6.07, 6.45) is 6.60. The molecule has 3 amide bonds. The lowest BCUT2D eigenvalue weighted by Gasteiger charge is -2.12. The first-order valence-corrected chi connectivity index (χ1v) is 9.48. The van der Waals surface area contributed by atoms with Crippen molar-refractivity contribution in [2.45, 2.75) is 38.5 Å². The molecule has 0 bridgehead atoms. The summed E-state index contributed by atoms with van der Waals surface area (Å²) < 4.78 is 0. The third kappa shape index (κ3) is 9.59. The van der Waals surface area contributed by atoms with E-state index in [1.54, 1.807) is 6.08 Å². The third-order valence-corrected chi connectivity index (χ3v) is 4.21. The second kappa shape index (κ2) is 12.7. The van der Waals surface area contributed by atoms with E-state index in [2.05, 4.69) is 16.9 Å². The van der Waals surface area contributed by atoms with Crippen molar-refractivity contribution in [1.82, 2.24) is 10.4 Å². The van der Waals surface area contributed by atoms with Crippen LogP contribution in [0.4, 0.5) is 0 Å². The summed E-state index contributed by atoms with van der Waals surface area (Å²) in [5, 5.41) is 3.82. The van der Waals surface area contributed by atoms with Gasteiger partial charge in [0.25, 0.3) is 11.8 Å². The van der Waals surface area contributed by atoms with E-state index in [1.807, 2.05) is 0 Å². The Balaban J connectivity index is 2.04. The topological polar surface area (TPSA) is 131 Å². The van der Waals surface area contributed by atoms with Gasteiger partial charge in [0.15, 0.2) is 0 Å². The van der Waals surface area contributed by atoms with Crippen molar-refractivity contribution in [1.29, 1.82) is 0 Å². The van der Waals surface area contributed by atoms with E-state index >= 15 is 0 Å². The minimum Gasteiger partial charge on any atom is -0.405 e.